The van der Waals surface area contributed by atoms with Crippen molar-refractivity contribution in [2.24, 2.45) is 0 Å². The Labute approximate surface area is 94.3 Å². The number of rotatable bonds is 5. The molecule has 16 heavy (non-hydrogen) atoms. The number of hydrogen-bond acceptors (Lipinski definition) is 2. The highest BCUT2D eigenvalue weighted by atomic mass is 16.4. The summed E-state index contributed by atoms with van der Waals surface area (Å²) in [6.07, 6.45) is 2.17. The predicted octanol–water partition coefficient (Wildman–Crippen LogP) is 2.51. The number of carboxylic acids is 1. The molecule has 0 radical (unpaired) electrons. The van der Waals surface area contributed by atoms with Crippen LogP contribution >= 0.6 is 0 Å². The summed E-state index contributed by atoms with van der Waals surface area (Å²) in [7, 11) is 0. The third-order valence-corrected chi connectivity index (χ3v) is 2.19. The highest BCUT2D eigenvalue weighted by molar-refractivity contribution is 6.00. The maximum atomic E-state index is 11.4. The van der Waals surface area contributed by atoms with Crippen molar-refractivity contribution in [3.8, 4) is 0 Å². The molecule has 0 saturated heterocycles. The number of para-hydroxylation sites is 1. The fourth-order valence-electron chi connectivity index (χ4n) is 1.33. The van der Waals surface area contributed by atoms with Crippen LogP contribution in [0.3, 0.4) is 0 Å². The molecule has 1 aromatic rings. The van der Waals surface area contributed by atoms with Crippen LogP contribution < -0.4 is 5.32 Å². The topological polar surface area (TPSA) is 66.4 Å². The molecule has 4 heteroatoms. The SMILES string of the molecule is CCCCC(=O)Nc1ccccc1C(=O)O. The van der Waals surface area contributed by atoms with Gasteiger partial charge in [0.05, 0.1) is 11.3 Å². The number of hydrogen-bond donors (Lipinski definition) is 2. The minimum absolute atomic E-state index is 0.118. The molecule has 0 aliphatic heterocycles. The van der Waals surface area contributed by atoms with E-state index in [-0.39, 0.29) is 11.5 Å². The molecule has 0 aromatic heterocycles. The van der Waals surface area contributed by atoms with Crippen molar-refractivity contribution >= 4 is 17.6 Å². The number of amides is 1. The van der Waals surface area contributed by atoms with Crippen LogP contribution in [0.5, 0.6) is 0 Å². The molecule has 2 N–H and O–H groups in total. The average molecular weight is 221 g/mol. The van der Waals surface area contributed by atoms with E-state index in [4.69, 9.17) is 5.11 Å². The van der Waals surface area contributed by atoms with Gasteiger partial charge in [-0.15, -0.1) is 0 Å². The first-order valence-corrected chi connectivity index (χ1v) is 5.27. The molecular weight excluding hydrogens is 206 g/mol. The number of aromatic carboxylic acids is 1. The summed E-state index contributed by atoms with van der Waals surface area (Å²) in [5.74, 6) is -1.18. The van der Waals surface area contributed by atoms with Crippen LogP contribution in [0.2, 0.25) is 0 Å². The van der Waals surface area contributed by atoms with Crippen LogP contribution in [0.4, 0.5) is 5.69 Å². The zero-order chi connectivity index (χ0) is 12.0. The second-order valence-corrected chi connectivity index (χ2v) is 3.50. The van der Waals surface area contributed by atoms with Gasteiger partial charge in [-0.25, -0.2) is 4.79 Å². The van der Waals surface area contributed by atoms with Crippen LogP contribution in [0.15, 0.2) is 24.3 Å². The van der Waals surface area contributed by atoms with Gasteiger partial charge >= 0.3 is 5.97 Å². The van der Waals surface area contributed by atoms with E-state index >= 15 is 0 Å². The van der Waals surface area contributed by atoms with Crippen LogP contribution in [0.25, 0.3) is 0 Å². The third-order valence-electron chi connectivity index (χ3n) is 2.19. The second kappa shape index (κ2) is 5.90. The van der Waals surface area contributed by atoms with Gasteiger partial charge in [0, 0.05) is 6.42 Å². The van der Waals surface area contributed by atoms with Crippen molar-refractivity contribution < 1.29 is 14.7 Å². The summed E-state index contributed by atoms with van der Waals surface area (Å²) in [5, 5.41) is 11.5. The first-order valence-electron chi connectivity index (χ1n) is 5.27. The smallest absolute Gasteiger partial charge is 0.337 e. The van der Waals surface area contributed by atoms with E-state index in [0.717, 1.165) is 12.8 Å². The van der Waals surface area contributed by atoms with Gasteiger partial charge in [-0.3, -0.25) is 4.79 Å². The molecule has 1 amide bonds. The molecule has 4 nitrogen and oxygen atoms in total. The monoisotopic (exact) mass is 221 g/mol. The van der Waals surface area contributed by atoms with Gasteiger partial charge < -0.3 is 10.4 Å². The van der Waals surface area contributed by atoms with Gasteiger partial charge in [-0.05, 0) is 18.6 Å². The van der Waals surface area contributed by atoms with Crippen molar-refractivity contribution in [2.45, 2.75) is 26.2 Å². The first kappa shape index (κ1) is 12.2. The molecular formula is C12H15NO3. The Kier molecular flexibility index (Phi) is 4.51. The van der Waals surface area contributed by atoms with E-state index in [2.05, 4.69) is 5.32 Å². The zero-order valence-electron chi connectivity index (χ0n) is 9.19. The molecule has 0 spiro atoms. The predicted molar refractivity (Wildman–Crippen MR) is 61.6 cm³/mol. The lowest BCUT2D eigenvalue weighted by atomic mass is 10.1. The van der Waals surface area contributed by atoms with E-state index in [9.17, 15) is 9.59 Å². The summed E-state index contributed by atoms with van der Waals surface area (Å²) in [6.45, 7) is 2.00. The van der Waals surface area contributed by atoms with E-state index in [0.29, 0.717) is 12.1 Å². The second-order valence-electron chi connectivity index (χ2n) is 3.50. The number of carbonyl (C=O) groups excluding carboxylic acids is 1. The molecule has 0 unspecified atom stereocenters. The quantitative estimate of drug-likeness (QED) is 0.802. The Morgan fingerprint density at radius 1 is 1.31 bits per heavy atom. The minimum Gasteiger partial charge on any atom is -0.478 e. The maximum absolute atomic E-state index is 11.4. The molecule has 0 saturated carbocycles. The number of carbonyl (C=O) groups is 2. The lowest BCUT2D eigenvalue weighted by molar-refractivity contribution is -0.116. The average Bonchev–Trinajstić information content (AvgIpc) is 2.27. The normalized spacial score (nSPS) is 9.81. The van der Waals surface area contributed by atoms with Gasteiger partial charge in [-0.1, -0.05) is 25.5 Å². The molecule has 0 bridgehead atoms. The Morgan fingerprint density at radius 3 is 2.62 bits per heavy atom. The van der Waals surface area contributed by atoms with Crippen molar-refractivity contribution in [1.29, 1.82) is 0 Å². The highest BCUT2D eigenvalue weighted by Gasteiger charge is 2.10. The maximum Gasteiger partial charge on any atom is 0.337 e. The van der Waals surface area contributed by atoms with Crippen LogP contribution in [-0.4, -0.2) is 17.0 Å². The number of carboxylic acid groups (broad SMARTS) is 1. The summed E-state index contributed by atoms with van der Waals surface area (Å²) >= 11 is 0. The van der Waals surface area contributed by atoms with Crippen molar-refractivity contribution in [3.63, 3.8) is 0 Å². The minimum atomic E-state index is -1.04. The number of anilines is 1. The highest BCUT2D eigenvalue weighted by Crippen LogP contribution is 2.15. The summed E-state index contributed by atoms with van der Waals surface area (Å²) in [6, 6.07) is 6.39. The molecule has 86 valence electrons. The molecule has 0 aliphatic carbocycles. The zero-order valence-corrected chi connectivity index (χ0v) is 9.19. The molecule has 1 aromatic carbocycles. The molecule has 0 fully saturated rings. The number of nitrogens with one attached hydrogen (secondary N) is 1. The lowest BCUT2D eigenvalue weighted by Gasteiger charge is -2.07. The standard InChI is InChI=1S/C12H15NO3/c1-2-3-8-11(14)13-10-7-5-4-6-9(10)12(15)16/h4-7H,2-3,8H2,1H3,(H,13,14)(H,15,16). The lowest BCUT2D eigenvalue weighted by Crippen LogP contribution is -2.14. The van der Waals surface area contributed by atoms with Crippen molar-refractivity contribution in [2.75, 3.05) is 5.32 Å². The molecule has 1 rings (SSSR count). The summed E-state index contributed by atoms with van der Waals surface area (Å²) in [4.78, 5) is 22.3. The van der Waals surface area contributed by atoms with Crippen molar-refractivity contribution in [1.82, 2.24) is 0 Å². The Hall–Kier alpha value is -1.84. The Morgan fingerprint density at radius 2 is 2.00 bits per heavy atom. The fourth-order valence-corrected chi connectivity index (χ4v) is 1.33. The molecule has 0 heterocycles. The van der Waals surface area contributed by atoms with E-state index < -0.39 is 5.97 Å². The Bertz CT molecular complexity index is 388. The fraction of sp³-hybridized carbons (Fsp3) is 0.333. The van der Waals surface area contributed by atoms with Crippen LogP contribution in [-0.2, 0) is 4.79 Å². The number of unbranched alkanes of at least 4 members (excludes halogenated alkanes) is 1. The van der Waals surface area contributed by atoms with Crippen molar-refractivity contribution in [3.05, 3.63) is 29.8 Å². The summed E-state index contributed by atoms with van der Waals surface area (Å²) in [5.41, 5.74) is 0.475. The van der Waals surface area contributed by atoms with Crippen LogP contribution in [0, 0.1) is 0 Å². The van der Waals surface area contributed by atoms with Gasteiger partial charge in [0.15, 0.2) is 0 Å². The van der Waals surface area contributed by atoms with E-state index in [1.807, 2.05) is 6.92 Å². The Balaban J connectivity index is 2.73. The van der Waals surface area contributed by atoms with E-state index in [1.165, 1.54) is 6.07 Å². The van der Waals surface area contributed by atoms with Gasteiger partial charge in [-0.2, -0.15) is 0 Å². The number of benzene rings is 1. The molecule has 0 atom stereocenters. The largest absolute Gasteiger partial charge is 0.478 e. The third kappa shape index (κ3) is 3.38. The van der Waals surface area contributed by atoms with Gasteiger partial charge in [0.2, 0.25) is 5.91 Å². The summed E-state index contributed by atoms with van der Waals surface area (Å²) < 4.78 is 0. The van der Waals surface area contributed by atoms with Gasteiger partial charge in [0.25, 0.3) is 0 Å². The van der Waals surface area contributed by atoms with Crippen LogP contribution in [0.1, 0.15) is 36.5 Å². The van der Waals surface area contributed by atoms with Gasteiger partial charge in [0.1, 0.15) is 0 Å². The molecule has 0 aliphatic rings. The first-order chi connectivity index (χ1) is 7.65. The van der Waals surface area contributed by atoms with E-state index in [1.54, 1.807) is 18.2 Å².